The maximum absolute atomic E-state index is 6.01. The largest absolute Gasteiger partial charge is 0.379 e. The predicted molar refractivity (Wildman–Crippen MR) is 96.2 cm³/mol. The van der Waals surface area contributed by atoms with Gasteiger partial charge in [0.25, 0.3) is 0 Å². The van der Waals surface area contributed by atoms with Crippen LogP contribution in [-0.2, 0) is 11.3 Å². The Labute approximate surface area is 148 Å². The zero-order valence-corrected chi connectivity index (χ0v) is 14.5. The van der Waals surface area contributed by atoms with Gasteiger partial charge in [-0.1, -0.05) is 6.07 Å². The quantitative estimate of drug-likeness (QED) is 0.852. The molecule has 0 aromatic carbocycles. The molecule has 0 saturated carbocycles. The standard InChI is InChI=1S/C19H25N5O/c1-2-6-21-17(4-1)13-23-9-3-5-19(14-23)15-24(10-11-25-16-19)18-12-20-7-8-22-18/h1-2,4,6-8,12H,3,5,9-11,13-16H2/t19-/m0/s1. The van der Waals surface area contributed by atoms with Crippen molar-refractivity contribution in [1.82, 2.24) is 19.9 Å². The van der Waals surface area contributed by atoms with Gasteiger partial charge in [0.1, 0.15) is 5.82 Å². The second-order valence-electron chi connectivity index (χ2n) is 7.17. The van der Waals surface area contributed by atoms with E-state index in [9.17, 15) is 0 Å². The second-order valence-corrected chi connectivity index (χ2v) is 7.17. The van der Waals surface area contributed by atoms with Gasteiger partial charge in [-0.05, 0) is 31.5 Å². The number of piperidine rings is 1. The van der Waals surface area contributed by atoms with Crippen LogP contribution in [0.15, 0.2) is 43.0 Å². The van der Waals surface area contributed by atoms with Crippen molar-refractivity contribution in [2.75, 3.05) is 44.3 Å². The number of aromatic nitrogens is 3. The Hall–Kier alpha value is -2.05. The van der Waals surface area contributed by atoms with Crippen LogP contribution in [0.2, 0.25) is 0 Å². The lowest BCUT2D eigenvalue weighted by molar-refractivity contribution is 0.0103. The van der Waals surface area contributed by atoms with Crippen molar-refractivity contribution in [2.24, 2.45) is 5.41 Å². The third kappa shape index (κ3) is 3.96. The van der Waals surface area contributed by atoms with Crippen molar-refractivity contribution in [2.45, 2.75) is 19.4 Å². The molecule has 0 unspecified atom stereocenters. The summed E-state index contributed by atoms with van der Waals surface area (Å²) >= 11 is 0. The first-order valence-electron chi connectivity index (χ1n) is 9.04. The van der Waals surface area contributed by atoms with Gasteiger partial charge < -0.3 is 9.64 Å². The number of hydrogen-bond donors (Lipinski definition) is 0. The van der Waals surface area contributed by atoms with Crippen molar-refractivity contribution in [3.63, 3.8) is 0 Å². The smallest absolute Gasteiger partial charge is 0.147 e. The summed E-state index contributed by atoms with van der Waals surface area (Å²) in [6.07, 6.45) is 9.62. The molecule has 2 aromatic rings. The van der Waals surface area contributed by atoms with E-state index in [1.54, 1.807) is 12.4 Å². The molecule has 2 aliphatic heterocycles. The Kier molecular flexibility index (Phi) is 4.90. The normalized spacial score (nSPS) is 25.0. The van der Waals surface area contributed by atoms with Crippen molar-refractivity contribution in [3.8, 4) is 0 Å². The maximum atomic E-state index is 6.01. The molecule has 0 bridgehead atoms. The molecule has 2 aliphatic rings. The minimum atomic E-state index is 0.154. The summed E-state index contributed by atoms with van der Waals surface area (Å²) in [5.74, 6) is 0.953. The molecule has 4 rings (SSSR count). The highest BCUT2D eigenvalue weighted by atomic mass is 16.5. The lowest BCUT2D eigenvalue weighted by Gasteiger charge is -2.43. The SMILES string of the molecule is c1ccc(CN2CCC[C@]3(COCCN(c4cnccn4)C3)C2)nc1. The summed E-state index contributed by atoms with van der Waals surface area (Å²) < 4.78 is 6.01. The van der Waals surface area contributed by atoms with Crippen molar-refractivity contribution >= 4 is 5.82 Å². The molecule has 0 N–H and O–H groups in total. The van der Waals surface area contributed by atoms with Crippen LogP contribution in [0.25, 0.3) is 0 Å². The van der Waals surface area contributed by atoms with Crippen molar-refractivity contribution in [3.05, 3.63) is 48.7 Å². The molecule has 1 spiro atoms. The van der Waals surface area contributed by atoms with Crippen LogP contribution in [-0.4, -0.2) is 59.2 Å². The van der Waals surface area contributed by atoms with E-state index in [0.717, 1.165) is 57.4 Å². The number of rotatable bonds is 3. The van der Waals surface area contributed by atoms with E-state index in [1.807, 2.05) is 18.5 Å². The van der Waals surface area contributed by atoms with Crippen LogP contribution in [0.3, 0.4) is 0 Å². The minimum absolute atomic E-state index is 0.154. The fourth-order valence-corrected chi connectivity index (χ4v) is 4.06. The zero-order chi connectivity index (χ0) is 17.0. The van der Waals surface area contributed by atoms with Crippen LogP contribution in [0.1, 0.15) is 18.5 Å². The Morgan fingerprint density at radius 1 is 1.08 bits per heavy atom. The van der Waals surface area contributed by atoms with Gasteiger partial charge in [0.05, 0.1) is 25.1 Å². The molecule has 2 saturated heterocycles. The van der Waals surface area contributed by atoms with E-state index >= 15 is 0 Å². The monoisotopic (exact) mass is 339 g/mol. The van der Waals surface area contributed by atoms with Crippen molar-refractivity contribution < 1.29 is 4.74 Å². The fourth-order valence-electron chi connectivity index (χ4n) is 4.06. The van der Waals surface area contributed by atoms with Crippen LogP contribution in [0, 0.1) is 5.41 Å². The van der Waals surface area contributed by atoms with Gasteiger partial charge in [-0.25, -0.2) is 4.98 Å². The molecule has 6 heteroatoms. The first-order chi connectivity index (χ1) is 12.3. The van der Waals surface area contributed by atoms with Gasteiger partial charge in [-0.2, -0.15) is 0 Å². The molecule has 2 fully saturated rings. The number of nitrogens with zero attached hydrogens (tertiary/aromatic N) is 5. The highest BCUT2D eigenvalue weighted by Gasteiger charge is 2.39. The lowest BCUT2D eigenvalue weighted by atomic mass is 9.80. The average molecular weight is 339 g/mol. The van der Waals surface area contributed by atoms with Gasteiger partial charge in [0.2, 0.25) is 0 Å². The van der Waals surface area contributed by atoms with E-state index in [4.69, 9.17) is 4.74 Å². The topological polar surface area (TPSA) is 54.4 Å². The summed E-state index contributed by atoms with van der Waals surface area (Å²) in [4.78, 5) is 18.1. The molecule has 2 aromatic heterocycles. The molecule has 6 nitrogen and oxygen atoms in total. The van der Waals surface area contributed by atoms with Crippen LogP contribution < -0.4 is 4.90 Å². The molecule has 25 heavy (non-hydrogen) atoms. The van der Waals surface area contributed by atoms with Crippen LogP contribution >= 0.6 is 0 Å². The van der Waals surface area contributed by atoms with E-state index in [2.05, 4.69) is 36.9 Å². The summed E-state index contributed by atoms with van der Waals surface area (Å²) in [5, 5.41) is 0. The first kappa shape index (κ1) is 16.4. The second kappa shape index (κ2) is 7.45. The predicted octanol–water partition coefficient (Wildman–Crippen LogP) is 1.99. The van der Waals surface area contributed by atoms with E-state index < -0.39 is 0 Å². The van der Waals surface area contributed by atoms with Gasteiger partial charge in [0, 0.05) is 50.2 Å². The van der Waals surface area contributed by atoms with Crippen molar-refractivity contribution in [1.29, 1.82) is 0 Å². The molecule has 132 valence electrons. The van der Waals surface area contributed by atoms with Gasteiger partial charge >= 0.3 is 0 Å². The Morgan fingerprint density at radius 3 is 2.92 bits per heavy atom. The average Bonchev–Trinajstić information content (AvgIpc) is 2.86. The van der Waals surface area contributed by atoms with Crippen LogP contribution in [0.4, 0.5) is 5.82 Å². The number of anilines is 1. The molecule has 4 heterocycles. The van der Waals surface area contributed by atoms with Gasteiger partial charge in [0.15, 0.2) is 0 Å². The number of likely N-dealkylation sites (tertiary alicyclic amines) is 1. The number of hydrogen-bond acceptors (Lipinski definition) is 6. The number of ether oxygens (including phenoxy) is 1. The minimum Gasteiger partial charge on any atom is -0.379 e. The highest BCUT2D eigenvalue weighted by Crippen LogP contribution is 2.34. The molecule has 1 atom stereocenters. The molecular weight excluding hydrogens is 314 g/mol. The van der Waals surface area contributed by atoms with Crippen LogP contribution in [0.5, 0.6) is 0 Å². The molecule has 0 amide bonds. The summed E-state index contributed by atoms with van der Waals surface area (Å²) in [7, 11) is 0. The van der Waals surface area contributed by atoms with E-state index in [1.165, 1.54) is 12.8 Å². The van der Waals surface area contributed by atoms with E-state index in [0.29, 0.717) is 0 Å². The number of pyridine rings is 1. The summed E-state index contributed by atoms with van der Waals surface area (Å²) in [6, 6.07) is 6.14. The first-order valence-corrected chi connectivity index (χ1v) is 9.04. The third-order valence-electron chi connectivity index (χ3n) is 5.17. The Morgan fingerprint density at radius 2 is 2.08 bits per heavy atom. The van der Waals surface area contributed by atoms with Gasteiger partial charge in [-0.15, -0.1) is 0 Å². The fraction of sp³-hybridized carbons (Fsp3) is 0.526. The highest BCUT2D eigenvalue weighted by molar-refractivity contribution is 5.36. The van der Waals surface area contributed by atoms with Gasteiger partial charge in [-0.3, -0.25) is 14.9 Å². The third-order valence-corrected chi connectivity index (χ3v) is 5.17. The summed E-state index contributed by atoms with van der Waals surface area (Å²) in [5.41, 5.74) is 1.29. The summed E-state index contributed by atoms with van der Waals surface area (Å²) in [6.45, 7) is 6.50. The Bertz CT molecular complexity index is 668. The zero-order valence-electron chi connectivity index (χ0n) is 14.5. The lowest BCUT2D eigenvalue weighted by Crippen LogP contribution is -2.50. The molecule has 0 aliphatic carbocycles. The molecule has 0 radical (unpaired) electrons. The maximum Gasteiger partial charge on any atom is 0.147 e. The molecular formula is C19H25N5O. The van der Waals surface area contributed by atoms with E-state index in [-0.39, 0.29) is 5.41 Å². The Balaban J connectivity index is 1.49.